The van der Waals surface area contributed by atoms with Gasteiger partial charge in [0.25, 0.3) is 5.91 Å². The molecule has 0 bridgehead atoms. The number of amides is 3. The topological polar surface area (TPSA) is 49.9 Å². The maximum atomic E-state index is 12.9. The summed E-state index contributed by atoms with van der Waals surface area (Å²) in [4.78, 5) is 28.4. The number of benzene rings is 2. The van der Waals surface area contributed by atoms with Crippen LogP contribution in [0.1, 0.15) is 29.2 Å². The Bertz CT molecular complexity index is 874. The predicted octanol–water partition coefficient (Wildman–Crippen LogP) is 3.23. The zero-order valence-corrected chi connectivity index (χ0v) is 16.3. The summed E-state index contributed by atoms with van der Waals surface area (Å²) in [6.07, 6.45) is 0. The second-order valence-corrected chi connectivity index (χ2v) is 7.84. The van der Waals surface area contributed by atoms with E-state index >= 15 is 0 Å². The molecule has 0 radical (unpaired) electrons. The van der Waals surface area contributed by atoms with Crippen molar-refractivity contribution < 1.29 is 14.3 Å². The quantitative estimate of drug-likeness (QED) is 0.822. The van der Waals surface area contributed by atoms with Gasteiger partial charge in [0.15, 0.2) is 5.60 Å². The molecule has 0 aliphatic carbocycles. The van der Waals surface area contributed by atoms with E-state index in [2.05, 4.69) is 0 Å². The molecular weight excluding hydrogens is 340 g/mol. The number of fused-ring (bicyclic) bond motifs is 1. The van der Waals surface area contributed by atoms with Crippen LogP contribution in [0.5, 0.6) is 0 Å². The summed E-state index contributed by atoms with van der Waals surface area (Å²) in [6.45, 7) is 5.84. The van der Waals surface area contributed by atoms with Crippen molar-refractivity contribution in [1.82, 2.24) is 9.80 Å². The molecule has 2 saturated heterocycles. The van der Waals surface area contributed by atoms with Crippen molar-refractivity contribution in [2.24, 2.45) is 0 Å². The number of imide groups is 1. The highest BCUT2D eigenvalue weighted by molar-refractivity contribution is 6.03. The lowest BCUT2D eigenvalue weighted by molar-refractivity contribution is -0.296. The van der Waals surface area contributed by atoms with Crippen molar-refractivity contribution in [2.45, 2.75) is 38.0 Å². The Kier molecular flexibility index (Phi) is 3.72. The van der Waals surface area contributed by atoms with Crippen LogP contribution in [-0.2, 0) is 15.1 Å². The zero-order valence-electron chi connectivity index (χ0n) is 16.3. The maximum absolute atomic E-state index is 12.9. The molecule has 0 unspecified atom stereocenters. The van der Waals surface area contributed by atoms with E-state index in [0.717, 1.165) is 27.2 Å². The second-order valence-electron chi connectivity index (χ2n) is 7.84. The second kappa shape index (κ2) is 5.67. The highest BCUT2D eigenvalue weighted by Crippen LogP contribution is 2.57. The van der Waals surface area contributed by atoms with Gasteiger partial charge in [-0.25, -0.2) is 4.79 Å². The Morgan fingerprint density at radius 3 is 1.74 bits per heavy atom. The number of urea groups is 1. The first-order chi connectivity index (χ1) is 12.7. The number of ether oxygens (including phenoxy) is 1. The predicted molar refractivity (Wildman–Crippen MR) is 102 cm³/mol. The normalized spacial score (nSPS) is 26.6. The van der Waals surface area contributed by atoms with Crippen molar-refractivity contribution in [1.29, 1.82) is 0 Å². The molecule has 2 aliphatic rings. The average Bonchev–Trinajstić information content (AvgIpc) is 2.64. The summed E-state index contributed by atoms with van der Waals surface area (Å²) in [6, 6.07) is 15.5. The third-order valence-corrected chi connectivity index (χ3v) is 5.95. The Morgan fingerprint density at radius 1 is 0.852 bits per heavy atom. The molecule has 5 heteroatoms. The molecule has 27 heavy (non-hydrogen) atoms. The molecule has 0 spiro atoms. The lowest BCUT2D eigenvalue weighted by atomic mass is 9.65. The van der Waals surface area contributed by atoms with Gasteiger partial charge in [-0.1, -0.05) is 59.7 Å². The first-order valence-electron chi connectivity index (χ1n) is 9.11. The molecule has 2 heterocycles. The summed E-state index contributed by atoms with van der Waals surface area (Å²) >= 11 is 0. The number of aryl methyl sites for hydroxylation is 2. The summed E-state index contributed by atoms with van der Waals surface area (Å²) in [5, 5.41) is 0. The van der Waals surface area contributed by atoms with Gasteiger partial charge in [-0.3, -0.25) is 9.69 Å². The van der Waals surface area contributed by atoms with Crippen LogP contribution < -0.4 is 0 Å². The van der Waals surface area contributed by atoms with Gasteiger partial charge in [-0.2, -0.15) is 0 Å². The molecule has 140 valence electrons. The van der Waals surface area contributed by atoms with Gasteiger partial charge in [0.05, 0.1) is 0 Å². The average molecular weight is 364 g/mol. The van der Waals surface area contributed by atoms with E-state index in [0.29, 0.717) is 0 Å². The van der Waals surface area contributed by atoms with E-state index < -0.39 is 17.2 Å². The summed E-state index contributed by atoms with van der Waals surface area (Å²) in [7, 11) is 3.25. The highest BCUT2D eigenvalue weighted by atomic mass is 16.6. The van der Waals surface area contributed by atoms with Crippen molar-refractivity contribution in [2.75, 3.05) is 14.1 Å². The van der Waals surface area contributed by atoms with E-state index in [1.54, 1.807) is 18.9 Å². The lowest BCUT2D eigenvalue weighted by Gasteiger charge is -2.65. The minimum absolute atomic E-state index is 0.301. The molecule has 0 saturated carbocycles. The van der Waals surface area contributed by atoms with Gasteiger partial charge < -0.3 is 9.64 Å². The van der Waals surface area contributed by atoms with Gasteiger partial charge in [0, 0.05) is 14.1 Å². The lowest BCUT2D eigenvalue weighted by Crippen LogP contribution is -2.83. The number of hydrogen-bond acceptors (Lipinski definition) is 3. The number of hydrogen-bond donors (Lipinski definition) is 0. The Morgan fingerprint density at radius 2 is 1.30 bits per heavy atom. The number of likely N-dealkylation sites (N-methyl/N-ethyl adjacent to an activating group) is 2. The smallest absolute Gasteiger partial charge is 0.326 e. The first kappa shape index (κ1) is 17.7. The molecule has 2 fully saturated rings. The van der Waals surface area contributed by atoms with Crippen LogP contribution in [0.3, 0.4) is 0 Å². The number of rotatable bonds is 2. The van der Waals surface area contributed by atoms with E-state index in [-0.39, 0.29) is 11.9 Å². The molecule has 2 atom stereocenters. The van der Waals surface area contributed by atoms with E-state index in [1.807, 2.05) is 62.4 Å². The number of carbonyl (C=O) groups is 2. The monoisotopic (exact) mass is 364 g/mol. The fourth-order valence-corrected chi connectivity index (χ4v) is 4.55. The van der Waals surface area contributed by atoms with Crippen molar-refractivity contribution in [3.05, 3.63) is 70.8 Å². The third kappa shape index (κ3) is 2.21. The molecule has 3 amide bonds. The minimum Gasteiger partial charge on any atom is -0.345 e. The fraction of sp³-hybridized carbons (Fsp3) is 0.364. The summed E-state index contributed by atoms with van der Waals surface area (Å²) in [5.74, 6) is -0.301. The molecule has 5 nitrogen and oxygen atoms in total. The van der Waals surface area contributed by atoms with Crippen LogP contribution in [0.25, 0.3) is 0 Å². The Hall–Kier alpha value is -2.66. The summed E-state index contributed by atoms with van der Waals surface area (Å²) in [5.41, 5.74) is 2.21. The number of nitrogens with zero attached hydrogens (tertiary/aromatic N) is 2. The number of carbonyl (C=O) groups excluding carboxylic acids is 2. The maximum Gasteiger partial charge on any atom is 0.326 e. The van der Waals surface area contributed by atoms with E-state index in [1.165, 1.54) is 7.05 Å². The molecule has 2 aromatic carbocycles. The van der Waals surface area contributed by atoms with Gasteiger partial charge in [-0.05, 0) is 31.9 Å². The van der Waals surface area contributed by atoms with E-state index in [4.69, 9.17) is 4.74 Å². The van der Waals surface area contributed by atoms with Crippen LogP contribution in [0.4, 0.5) is 4.79 Å². The standard InChI is InChI=1S/C22H24N2O3/c1-14-6-10-16(11-7-14)22(17-12-8-15(2)9-13-17)18-21(3,27-22)19(25)24(5)20(26)23(18)4/h6-13,18H,1-5H3/t18-,21-/m1/s1. The van der Waals surface area contributed by atoms with Gasteiger partial charge in [0.1, 0.15) is 11.6 Å². The van der Waals surface area contributed by atoms with Gasteiger partial charge in [-0.15, -0.1) is 0 Å². The van der Waals surface area contributed by atoms with Crippen molar-refractivity contribution in [3.63, 3.8) is 0 Å². The first-order valence-corrected chi connectivity index (χ1v) is 9.11. The molecule has 2 aliphatic heterocycles. The molecule has 4 rings (SSSR count). The highest BCUT2D eigenvalue weighted by Gasteiger charge is 2.73. The van der Waals surface area contributed by atoms with Gasteiger partial charge in [0.2, 0.25) is 0 Å². The fourth-order valence-electron chi connectivity index (χ4n) is 4.55. The van der Waals surface area contributed by atoms with Crippen LogP contribution in [0.2, 0.25) is 0 Å². The van der Waals surface area contributed by atoms with Crippen molar-refractivity contribution >= 4 is 11.9 Å². The third-order valence-electron chi connectivity index (χ3n) is 5.95. The van der Waals surface area contributed by atoms with E-state index in [9.17, 15) is 9.59 Å². The molecule has 0 N–H and O–H groups in total. The minimum atomic E-state index is -1.08. The van der Waals surface area contributed by atoms with Crippen molar-refractivity contribution in [3.8, 4) is 0 Å². The largest absolute Gasteiger partial charge is 0.345 e. The zero-order chi connectivity index (χ0) is 19.6. The SMILES string of the molecule is Cc1ccc(C2(c3ccc(C)cc3)O[C@@]3(C)C(=O)N(C)C(=O)N(C)[C@@H]23)cc1. The van der Waals surface area contributed by atoms with Crippen LogP contribution in [0.15, 0.2) is 48.5 Å². The molecule has 0 aromatic heterocycles. The summed E-state index contributed by atoms with van der Waals surface area (Å²) < 4.78 is 6.49. The van der Waals surface area contributed by atoms with Crippen LogP contribution >= 0.6 is 0 Å². The Balaban J connectivity index is 1.93. The molecular formula is C22H24N2O3. The van der Waals surface area contributed by atoms with Crippen LogP contribution in [0, 0.1) is 13.8 Å². The Labute approximate surface area is 159 Å². The van der Waals surface area contributed by atoms with Gasteiger partial charge >= 0.3 is 6.03 Å². The molecule has 2 aromatic rings. The van der Waals surface area contributed by atoms with Crippen LogP contribution in [-0.4, -0.2) is 47.5 Å².